The lowest BCUT2D eigenvalue weighted by molar-refractivity contribution is -0.387. The summed E-state index contributed by atoms with van der Waals surface area (Å²) in [5.74, 6) is 0. The van der Waals surface area contributed by atoms with Gasteiger partial charge in [-0.1, -0.05) is 24.3 Å². The summed E-state index contributed by atoms with van der Waals surface area (Å²) in [6.07, 6.45) is 0. The van der Waals surface area contributed by atoms with E-state index < -0.39 is 25.6 Å². The van der Waals surface area contributed by atoms with E-state index >= 15 is 0 Å². The minimum absolute atomic E-state index is 0. The van der Waals surface area contributed by atoms with Gasteiger partial charge in [0.2, 0.25) is 0 Å². The second kappa shape index (κ2) is 5.18. The molecule has 0 aliphatic carbocycles. The number of nitrogens with zero attached hydrogens (tertiary/aromatic N) is 1. The number of hydrogen-bond donors (Lipinski definition) is 1. The Morgan fingerprint density at radius 3 is 2.28 bits per heavy atom. The molecule has 8 heteroatoms. The van der Waals surface area contributed by atoms with E-state index in [0.29, 0.717) is 5.39 Å². The molecular formula is C10H9MgNO5S. The molecule has 0 bridgehead atoms. The number of benzene rings is 2. The first-order chi connectivity index (χ1) is 7.91. The summed E-state index contributed by atoms with van der Waals surface area (Å²) in [4.78, 5) is 9.24. The van der Waals surface area contributed by atoms with Gasteiger partial charge in [-0.05, 0) is 11.5 Å². The van der Waals surface area contributed by atoms with E-state index in [1.165, 1.54) is 12.1 Å². The van der Waals surface area contributed by atoms with Crippen LogP contribution in [0.3, 0.4) is 0 Å². The highest BCUT2D eigenvalue weighted by molar-refractivity contribution is 7.86. The Labute approximate surface area is 119 Å². The third-order valence-corrected chi connectivity index (χ3v) is 3.26. The van der Waals surface area contributed by atoms with E-state index in [-0.39, 0.29) is 28.4 Å². The molecule has 0 saturated heterocycles. The maximum atomic E-state index is 11.2. The Bertz CT molecular complexity index is 713. The lowest BCUT2D eigenvalue weighted by Crippen LogP contribution is -2.04. The number of hydrogen-bond acceptors (Lipinski definition) is 4. The van der Waals surface area contributed by atoms with Crippen LogP contribution in [0.25, 0.3) is 10.8 Å². The minimum Gasteiger partial charge on any atom is -0.282 e. The average molecular weight is 280 g/mol. The lowest BCUT2D eigenvalue weighted by atomic mass is 10.1. The molecule has 2 rings (SSSR count). The van der Waals surface area contributed by atoms with Crippen LogP contribution in [0.5, 0.6) is 0 Å². The van der Waals surface area contributed by atoms with Crippen LogP contribution >= 0.6 is 0 Å². The highest BCUT2D eigenvalue weighted by Crippen LogP contribution is 2.31. The van der Waals surface area contributed by atoms with Crippen LogP contribution in [0.15, 0.2) is 41.3 Å². The zero-order chi connectivity index (χ0) is 12.6. The van der Waals surface area contributed by atoms with E-state index in [1.807, 2.05) is 0 Å². The quantitative estimate of drug-likeness (QED) is 0.384. The van der Waals surface area contributed by atoms with Gasteiger partial charge >= 0.3 is 33.2 Å². The molecule has 0 amide bonds. The van der Waals surface area contributed by atoms with Gasteiger partial charge < -0.3 is 0 Å². The highest BCUT2D eigenvalue weighted by atomic mass is 32.2. The smallest absolute Gasteiger partial charge is 0.282 e. The lowest BCUT2D eigenvalue weighted by Gasteiger charge is -2.04. The highest BCUT2D eigenvalue weighted by Gasteiger charge is 2.26. The van der Waals surface area contributed by atoms with Crippen molar-refractivity contribution in [3.63, 3.8) is 0 Å². The molecule has 0 saturated carbocycles. The van der Waals surface area contributed by atoms with Gasteiger partial charge in [-0.25, -0.2) is 0 Å². The maximum Gasteiger partial charge on any atom is 0.316 e. The molecule has 0 unspecified atom stereocenters. The third kappa shape index (κ3) is 2.61. The maximum absolute atomic E-state index is 11.2. The van der Waals surface area contributed by atoms with Gasteiger partial charge in [0, 0.05) is 11.5 Å². The summed E-state index contributed by atoms with van der Waals surface area (Å²) in [5, 5.41) is 11.4. The first-order valence-corrected chi connectivity index (χ1v) is 5.99. The SMILES string of the molecule is O=[N+]([O-])c1ccc2ccccc2c1S(=O)(=O)O.[MgH2]. The monoisotopic (exact) mass is 279 g/mol. The standard InChI is InChI=1S/C10H7NO5S.Mg.2H/c12-11(13)9-6-5-7-3-1-2-4-8(7)10(9)17(14,15)16;;;/h1-6H,(H,14,15,16);;;. The predicted molar refractivity (Wildman–Crippen MR) is 69.0 cm³/mol. The Morgan fingerprint density at radius 2 is 1.72 bits per heavy atom. The summed E-state index contributed by atoms with van der Waals surface area (Å²) in [6, 6.07) is 8.72. The number of fused-ring (bicyclic) bond motifs is 1. The van der Waals surface area contributed by atoms with Crippen LogP contribution < -0.4 is 0 Å². The molecule has 2 aromatic carbocycles. The van der Waals surface area contributed by atoms with Gasteiger partial charge in [0.15, 0.2) is 4.90 Å². The molecule has 0 aliphatic heterocycles. The van der Waals surface area contributed by atoms with Gasteiger partial charge in [-0.15, -0.1) is 0 Å². The second-order valence-corrected chi connectivity index (χ2v) is 4.73. The van der Waals surface area contributed by atoms with Crippen molar-refractivity contribution in [1.82, 2.24) is 0 Å². The normalized spacial score (nSPS) is 10.9. The molecule has 0 radical (unpaired) electrons. The molecule has 0 spiro atoms. The van der Waals surface area contributed by atoms with E-state index in [9.17, 15) is 18.5 Å². The first-order valence-electron chi connectivity index (χ1n) is 4.55. The van der Waals surface area contributed by atoms with Crippen molar-refractivity contribution >= 4 is 49.6 Å². The van der Waals surface area contributed by atoms with Crippen LogP contribution in [0.4, 0.5) is 5.69 Å². The molecule has 0 heterocycles. The van der Waals surface area contributed by atoms with Crippen LogP contribution in [0, 0.1) is 10.1 Å². The van der Waals surface area contributed by atoms with E-state index in [0.717, 1.165) is 6.07 Å². The molecule has 0 aromatic heterocycles. The van der Waals surface area contributed by atoms with Crippen LogP contribution in [-0.4, -0.2) is 40.9 Å². The number of rotatable bonds is 2. The van der Waals surface area contributed by atoms with Crippen molar-refractivity contribution in [3.8, 4) is 0 Å². The van der Waals surface area contributed by atoms with E-state index in [2.05, 4.69) is 0 Å². The number of nitro benzene ring substituents is 1. The summed E-state index contributed by atoms with van der Waals surface area (Å²) in [5.41, 5.74) is -0.633. The zero-order valence-electron chi connectivity index (χ0n) is 8.40. The van der Waals surface area contributed by atoms with Gasteiger partial charge in [-0.3, -0.25) is 14.7 Å². The minimum atomic E-state index is -4.65. The van der Waals surface area contributed by atoms with Gasteiger partial charge in [-0.2, -0.15) is 8.42 Å². The largest absolute Gasteiger partial charge is 0.316 e. The van der Waals surface area contributed by atoms with E-state index in [4.69, 9.17) is 4.55 Å². The second-order valence-electron chi connectivity index (χ2n) is 3.37. The Balaban J connectivity index is 0.00000162. The first kappa shape index (κ1) is 14.8. The molecule has 0 fully saturated rings. The molecule has 6 nitrogen and oxygen atoms in total. The topological polar surface area (TPSA) is 97.5 Å². The molecule has 18 heavy (non-hydrogen) atoms. The Kier molecular flexibility index (Phi) is 4.27. The Hall–Kier alpha value is -1.22. The summed E-state index contributed by atoms with van der Waals surface area (Å²) >= 11 is 0. The Morgan fingerprint density at radius 1 is 1.11 bits per heavy atom. The zero-order valence-corrected chi connectivity index (χ0v) is 9.22. The molecule has 1 N–H and O–H groups in total. The van der Waals surface area contributed by atoms with Gasteiger partial charge in [0.25, 0.3) is 5.69 Å². The molecular weight excluding hydrogens is 270 g/mol. The fraction of sp³-hybridized carbons (Fsp3) is 0. The molecule has 0 aliphatic rings. The van der Waals surface area contributed by atoms with Gasteiger partial charge in [0.05, 0.1) is 4.92 Å². The van der Waals surface area contributed by atoms with E-state index in [1.54, 1.807) is 18.2 Å². The summed E-state index contributed by atoms with van der Waals surface area (Å²) in [7, 11) is -4.65. The molecule has 2 aromatic rings. The van der Waals surface area contributed by atoms with Gasteiger partial charge in [0.1, 0.15) is 0 Å². The fourth-order valence-corrected chi connectivity index (χ4v) is 2.52. The molecule has 92 valence electrons. The average Bonchev–Trinajstić information content (AvgIpc) is 2.26. The van der Waals surface area contributed by atoms with Crippen molar-refractivity contribution in [3.05, 3.63) is 46.5 Å². The van der Waals surface area contributed by atoms with Crippen molar-refractivity contribution in [2.24, 2.45) is 0 Å². The predicted octanol–water partition coefficient (Wildman–Crippen LogP) is 1.08. The third-order valence-electron chi connectivity index (χ3n) is 2.31. The van der Waals surface area contributed by atoms with Crippen molar-refractivity contribution in [2.75, 3.05) is 0 Å². The summed E-state index contributed by atoms with van der Waals surface area (Å²) in [6.45, 7) is 0. The van der Waals surface area contributed by atoms with Crippen LogP contribution in [0.2, 0.25) is 0 Å². The summed E-state index contributed by atoms with van der Waals surface area (Å²) < 4.78 is 31.5. The van der Waals surface area contributed by atoms with Crippen LogP contribution in [0.1, 0.15) is 0 Å². The number of nitro groups is 1. The van der Waals surface area contributed by atoms with Crippen molar-refractivity contribution < 1.29 is 17.9 Å². The fourth-order valence-electron chi connectivity index (χ4n) is 1.65. The molecule has 0 atom stereocenters. The van der Waals surface area contributed by atoms with Crippen molar-refractivity contribution in [2.45, 2.75) is 4.90 Å². The van der Waals surface area contributed by atoms with Crippen LogP contribution in [-0.2, 0) is 10.1 Å². The van der Waals surface area contributed by atoms with Crippen molar-refractivity contribution in [1.29, 1.82) is 0 Å².